The SMILES string of the molecule is O=C(CCCn1cncn1)OCc1ccccc1. The predicted molar refractivity (Wildman–Crippen MR) is 65.5 cm³/mol. The van der Waals surface area contributed by atoms with Crippen LogP contribution in [0.25, 0.3) is 0 Å². The quantitative estimate of drug-likeness (QED) is 0.728. The second kappa shape index (κ2) is 6.54. The van der Waals surface area contributed by atoms with Crippen LogP contribution in [0.15, 0.2) is 43.0 Å². The molecule has 2 rings (SSSR count). The van der Waals surface area contributed by atoms with Gasteiger partial charge in [0.2, 0.25) is 0 Å². The molecule has 18 heavy (non-hydrogen) atoms. The first kappa shape index (κ1) is 12.3. The normalized spacial score (nSPS) is 10.2. The van der Waals surface area contributed by atoms with Crippen LogP contribution < -0.4 is 0 Å². The molecule has 94 valence electrons. The maximum Gasteiger partial charge on any atom is 0.306 e. The van der Waals surface area contributed by atoms with Crippen molar-refractivity contribution in [1.82, 2.24) is 14.8 Å². The molecule has 0 radical (unpaired) electrons. The van der Waals surface area contributed by atoms with Gasteiger partial charge >= 0.3 is 5.97 Å². The van der Waals surface area contributed by atoms with Gasteiger partial charge in [0.1, 0.15) is 19.3 Å². The molecule has 0 saturated heterocycles. The van der Waals surface area contributed by atoms with E-state index in [2.05, 4.69) is 10.1 Å². The number of nitrogens with zero attached hydrogens (tertiary/aromatic N) is 3. The van der Waals surface area contributed by atoms with E-state index in [0.29, 0.717) is 26.0 Å². The summed E-state index contributed by atoms with van der Waals surface area (Å²) in [6, 6.07) is 9.65. The van der Waals surface area contributed by atoms with E-state index in [4.69, 9.17) is 4.74 Å². The van der Waals surface area contributed by atoms with Gasteiger partial charge in [-0.2, -0.15) is 5.10 Å². The maximum atomic E-state index is 11.5. The molecule has 0 atom stereocenters. The number of aromatic nitrogens is 3. The van der Waals surface area contributed by atoms with Gasteiger partial charge in [-0.25, -0.2) is 4.98 Å². The van der Waals surface area contributed by atoms with Crippen molar-refractivity contribution < 1.29 is 9.53 Å². The topological polar surface area (TPSA) is 57.0 Å². The molecular formula is C13H15N3O2. The molecule has 2 aromatic rings. The molecule has 1 heterocycles. The minimum atomic E-state index is -0.182. The fourth-order valence-corrected chi connectivity index (χ4v) is 1.54. The first-order chi connectivity index (χ1) is 8.84. The minimum absolute atomic E-state index is 0.182. The number of rotatable bonds is 6. The van der Waals surface area contributed by atoms with Crippen LogP contribution in [0.4, 0.5) is 0 Å². The van der Waals surface area contributed by atoms with Gasteiger partial charge < -0.3 is 4.74 Å². The van der Waals surface area contributed by atoms with Gasteiger partial charge in [-0.1, -0.05) is 30.3 Å². The Balaban J connectivity index is 1.63. The lowest BCUT2D eigenvalue weighted by molar-refractivity contribution is -0.145. The number of hydrogen-bond donors (Lipinski definition) is 0. The molecule has 0 bridgehead atoms. The molecule has 0 N–H and O–H groups in total. The molecule has 1 aromatic carbocycles. The second-order valence-corrected chi connectivity index (χ2v) is 3.91. The van der Waals surface area contributed by atoms with Crippen molar-refractivity contribution in [3.05, 3.63) is 48.5 Å². The fraction of sp³-hybridized carbons (Fsp3) is 0.308. The van der Waals surface area contributed by atoms with Crippen molar-refractivity contribution in [3.8, 4) is 0 Å². The molecule has 0 amide bonds. The van der Waals surface area contributed by atoms with Gasteiger partial charge in [-0.3, -0.25) is 9.48 Å². The molecule has 0 spiro atoms. The number of ether oxygens (including phenoxy) is 1. The Morgan fingerprint density at radius 1 is 1.28 bits per heavy atom. The molecule has 0 saturated carbocycles. The molecule has 0 aliphatic rings. The predicted octanol–water partition coefficient (Wildman–Crippen LogP) is 1.80. The number of carbonyl (C=O) groups excluding carboxylic acids is 1. The van der Waals surface area contributed by atoms with Gasteiger partial charge in [0.25, 0.3) is 0 Å². The molecule has 5 nitrogen and oxygen atoms in total. The van der Waals surface area contributed by atoms with Crippen molar-refractivity contribution in [3.63, 3.8) is 0 Å². The summed E-state index contributed by atoms with van der Waals surface area (Å²) in [5.74, 6) is -0.182. The highest BCUT2D eigenvalue weighted by Gasteiger charge is 2.03. The third-order valence-electron chi connectivity index (χ3n) is 2.48. The van der Waals surface area contributed by atoms with Crippen LogP contribution in [0.1, 0.15) is 18.4 Å². The number of aryl methyl sites for hydroxylation is 1. The lowest BCUT2D eigenvalue weighted by Crippen LogP contribution is -2.07. The van der Waals surface area contributed by atoms with Crippen LogP contribution in [0.5, 0.6) is 0 Å². The van der Waals surface area contributed by atoms with Crippen molar-refractivity contribution in [2.24, 2.45) is 0 Å². The fourth-order valence-electron chi connectivity index (χ4n) is 1.54. The smallest absolute Gasteiger partial charge is 0.306 e. The van der Waals surface area contributed by atoms with Crippen molar-refractivity contribution in [1.29, 1.82) is 0 Å². The zero-order valence-electron chi connectivity index (χ0n) is 10.0. The van der Waals surface area contributed by atoms with Crippen LogP contribution in [-0.4, -0.2) is 20.7 Å². The Labute approximate surface area is 105 Å². The summed E-state index contributed by atoms with van der Waals surface area (Å²) >= 11 is 0. The van der Waals surface area contributed by atoms with E-state index in [1.54, 1.807) is 11.0 Å². The van der Waals surface area contributed by atoms with E-state index < -0.39 is 0 Å². The van der Waals surface area contributed by atoms with Crippen LogP contribution in [0.3, 0.4) is 0 Å². The Hall–Kier alpha value is -2.17. The first-order valence-corrected chi connectivity index (χ1v) is 5.86. The average Bonchev–Trinajstić information content (AvgIpc) is 2.91. The van der Waals surface area contributed by atoms with Crippen molar-refractivity contribution in [2.75, 3.05) is 0 Å². The van der Waals surface area contributed by atoms with Gasteiger partial charge in [0, 0.05) is 13.0 Å². The highest BCUT2D eigenvalue weighted by atomic mass is 16.5. The summed E-state index contributed by atoms with van der Waals surface area (Å²) in [5.41, 5.74) is 1.00. The number of hydrogen-bond acceptors (Lipinski definition) is 4. The standard InChI is InChI=1S/C13H15N3O2/c17-13(7-4-8-16-11-14-10-15-16)18-9-12-5-2-1-3-6-12/h1-3,5-6,10-11H,4,7-9H2. The largest absolute Gasteiger partial charge is 0.461 e. The Bertz CT molecular complexity index is 468. The first-order valence-electron chi connectivity index (χ1n) is 5.86. The zero-order valence-corrected chi connectivity index (χ0v) is 10.0. The molecule has 0 fully saturated rings. The summed E-state index contributed by atoms with van der Waals surface area (Å²) in [4.78, 5) is 15.3. The van der Waals surface area contributed by atoms with E-state index in [0.717, 1.165) is 5.56 Å². The van der Waals surface area contributed by atoms with Crippen molar-refractivity contribution in [2.45, 2.75) is 26.0 Å². The van der Waals surface area contributed by atoms with E-state index in [-0.39, 0.29) is 5.97 Å². The molecule has 1 aromatic heterocycles. The summed E-state index contributed by atoms with van der Waals surface area (Å²) in [6.45, 7) is 1.02. The Kier molecular flexibility index (Phi) is 4.46. The summed E-state index contributed by atoms with van der Waals surface area (Å²) < 4.78 is 6.86. The molecular weight excluding hydrogens is 230 g/mol. The number of carbonyl (C=O) groups is 1. The van der Waals surface area contributed by atoms with E-state index in [9.17, 15) is 4.79 Å². The lowest BCUT2D eigenvalue weighted by atomic mass is 10.2. The summed E-state index contributed by atoms with van der Waals surface area (Å²) in [7, 11) is 0. The molecule has 5 heteroatoms. The van der Waals surface area contributed by atoms with Gasteiger partial charge in [0.05, 0.1) is 0 Å². The molecule has 0 unspecified atom stereocenters. The second-order valence-electron chi connectivity index (χ2n) is 3.91. The van der Waals surface area contributed by atoms with Crippen LogP contribution in [-0.2, 0) is 22.7 Å². The Morgan fingerprint density at radius 2 is 2.11 bits per heavy atom. The van der Waals surface area contributed by atoms with Gasteiger partial charge in [-0.15, -0.1) is 0 Å². The third kappa shape index (κ3) is 4.01. The highest BCUT2D eigenvalue weighted by molar-refractivity contribution is 5.69. The summed E-state index contributed by atoms with van der Waals surface area (Å²) in [5, 5.41) is 3.96. The van der Waals surface area contributed by atoms with E-state index in [1.165, 1.54) is 6.33 Å². The van der Waals surface area contributed by atoms with Gasteiger partial charge in [-0.05, 0) is 12.0 Å². The third-order valence-corrected chi connectivity index (χ3v) is 2.48. The van der Waals surface area contributed by atoms with Crippen LogP contribution >= 0.6 is 0 Å². The highest BCUT2D eigenvalue weighted by Crippen LogP contribution is 2.03. The van der Waals surface area contributed by atoms with Crippen LogP contribution in [0.2, 0.25) is 0 Å². The van der Waals surface area contributed by atoms with E-state index in [1.807, 2.05) is 30.3 Å². The maximum absolute atomic E-state index is 11.5. The average molecular weight is 245 g/mol. The monoisotopic (exact) mass is 245 g/mol. The minimum Gasteiger partial charge on any atom is -0.461 e. The molecule has 0 aliphatic heterocycles. The van der Waals surface area contributed by atoms with Gasteiger partial charge in [0.15, 0.2) is 0 Å². The Morgan fingerprint density at radius 3 is 2.83 bits per heavy atom. The zero-order chi connectivity index (χ0) is 12.6. The summed E-state index contributed by atoms with van der Waals surface area (Å²) in [6.07, 6.45) is 4.21. The molecule has 0 aliphatic carbocycles. The van der Waals surface area contributed by atoms with E-state index >= 15 is 0 Å². The lowest BCUT2D eigenvalue weighted by Gasteiger charge is -2.04. The van der Waals surface area contributed by atoms with Crippen molar-refractivity contribution >= 4 is 5.97 Å². The number of benzene rings is 1. The van der Waals surface area contributed by atoms with Crippen LogP contribution in [0, 0.1) is 0 Å². The number of esters is 1.